The summed E-state index contributed by atoms with van der Waals surface area (Å²) in [5.41, 5.74) is 1.59. The minimum Gasteiger partial charge on any atom is -0.349 e. The molecule has 1 saturated carbocycles. The van der Waals surface area contributed by atoms with Gasteiger partial charge in [0.2, 0.25) is 5.95 Å². The quantitative estimate of drug-likeness (QED) is 0.537. The fraction of sp³-hybridized carbons (Fsp3) is 0.391. The van der Waals surface area contributed by atoms with Crippen molar-refractivity contribution < 1.29 is 9.18 Å². The molecular weight excluding hydrogens is 452 g/mol. The molecular formula is C23H24Cl2FN5O. The van der Waals surface area contributed by atoms with Gasteiger partial charge in [-0.15, -0.1) is 0 Å². The molecule has 2 N–H and O–H groups in total. The number of carbonyl (C=O) groups is 1. The number of anilines is 2. The van der Waals surface area contributed by atoms with E-state index in [1.165, 1.54) is 25.0 Å². The average molecular weight is 476 g/mol. The van der Waals surface area contributed by atoms with Gasteiger partial charge >= 0.3 is 0 Å². The standard InChI is InChI=1S/C23H24Cl2FN5O/c1-30-20-12-18(26)15(22(32)27-13-7-9-31(10-8-13)14-5-6-14)11-19(20)28-23(30)29-21-16(24)3-2-4-17(21)25/h2-4,11-14H,5-10H2,1H3,(H,27,32)(H,28,29). The third kappa shape index (κ3) is 4.17. The molecule has 2 aromatic carbocycles. The Kier molecular flexibility index (Phi) is 5.73. The van der Waals surface area contributed by atoms with Crippen LogP contribution in [0.25, 0.3) is 11.0 Å². The van der Waals surface area contributed by atoms with Gasteiger partial charge in [-0.1, -0.05) is 29.3 Å². The third-order valence-corrected chi connectivity index (χ3v) is 6.97. The molecule has 1 aliphatic heterocycles. The maximum atomic E-state index is 14.9. The molecule has 9 heteroatoms. The molecule has 6 nitrogen and oxygen atoms in total. The number of benzene rings is 2. The van der Waals surface area contributed by atoms with Gasteiger partial charge in [-0.25, -0.2) is 9.37 Å². The smallest absolute Gasteiger partial charge is 0.254 e. The van der Waals surface area contributed by atoms with Crippen LogP contribution in [0.2, 0.25) is 10.0 Å². The molecule has 0 bridgehead atoms. The van der Waals surface area contributed by atoms with Gasteiger partial charge in [0.25, 0.3) is 5.91 Å². The summed E-state index contributed by atoms with van der Waals surface area (Å²) in [6, 6.07) is 8.83. The number of likely N-dealkylation sites (tertiary alicyclic amines) is 1. The lowest BCUT2D eigenvalue weighted by atomic mass is 10.0. The fourth-order valence-electron chi connectivity index (χ4n) is 4.34. The number of fused-ring (bicyclic) bond motifs is 1. The van der Waals surface area contributed by atoms with Crippen LogP contribution >= 0.6 is 23.2 Å². The minimum absolute atomic E-state index is 0.00236. The summed E-state index contributed by atoms with van der Waals surface area (Å²) < 4.78 is 16.6. The highest BCUT2D eigenvalue weighted by molar-refractivity contribution is 6.39. The van der Waals surface area contributed by atoms with Crippen LogP contribution in [0.15, 0.2) is 30.3 Å². The highest BCUT2D eigenvalue weighted by Crippen LogP contribution is 2.33. The Labute approximate surface area is 195 Å². The summed E-state index contributed by atoms with van der Waals surface area (Å²) in [6.07, 6.45) is 4.35. The van der Waals surface area contributed by atoms with E-state index >= 15 is 0 Å². The normalized spacial score (nSPS) is 17.6. The largest absolute Gasteiger partial charge is 0.349 e. The number of rotatable bonds is 5. The predicted octanol–water partition coefficient (Wildman–Crippen LogP) is 5.12. The molecule has 1 saturated heterocycles. The molecule has 0 spiro atoms. The number of amides is 1. The van der Waals surface area contributed by atoms with Crippen molar-refractivity contribution in [2.24, 2.45) is 7.05 Å². The van der Waals surface area contributed by atoms with Crippen LogP contribution in [0.5, 0.6) is 0 Å². The van der Waals surface area contributed by atoms with Gasteiger partial charge < -0.3 is 20.1 Å². The summed E-state index contributed by atoms with van der Waals surface area (Å²) in [5.74, 6) is -0.529. The molecule has 1 aliphatic carbocycles. The zero-order valence-corrected chi connectivity index (χ0v) is 19.2. The van der Waals surface area contributed by atoms with E-state index in [0.29, 0.717) is 32.7 Å². The van der Waals surface area contributed by atoms with Crippen molar-refractivity contribution in [3.8, 4) is 0 Å². The Morgan fingerprint density at radius 2 is 1.81 bits per heavy atom. The van der Waals surface area contributed by atoms with Crippen LogP contribution in [0, 0.1) is 5.82 Å². The minimum atomic E-state index is -0.573. The number of imidazole rings is 1. The van der Waals surface area contributed by atoms with Gasteiger partial charge in [0, 0.05) is 38.3 Å². The Bertz CT molecular complexity index is 1160. The van der Waals surface area contributed by atoms with Crippen molar-refractivity contribution in [3.05, 3.63) is 51.8 Å². The second-order valence-corrected chi connectivity index (χ2v) is 9.37. The molecule has 5 rings (SSSR count). The molecule has 0 atom stereocenters. The van der Waals surface area contributed by atoms with E-state index in [2.05, 4.69) is 20.5 Å². The monoisotopic (exact) mass is 475 g/mol. The van der Waals surface area contributed by atoms with Gasteiger partial charge in [-0.3, -0.25) is 4.79 Å². The lowest BCUT2D eigenvalue weighted by Gasteiger charge is -2.32. The second kappa shape index (κ2) is 8.54. The van der Waals surface area contributed by atoms with Gasteiger partial charge in [0.05, 0.1) is 32.3 Å². The number of hydrogen-bond donors (Lipinski definition) is 2. The van der Waals surface area contributed by atoms with Crippen molar-refractivity contribution in [2.75, 3.05) is 18.4 Å². The van der Waals surface area contributed by atoms with Crippen LogP contribution in [0.4, 0.5) is 16.0 Å². The topological polar surface area (TPSA) is 62.2 Å². The predicted molar refractivity (Wildman–Crippen MR) is 125 cm³/mol. The number of piperidine rings is 1. The van der Waals surface area contributed by atoms with E-state index in [-0.39, 0.29) is 11.6 Å². The van der Waals surface area contributed by atoms with Crippen LogP contribution in [0.1, 0.15) is 36.0 Å². The van der Waals surface area contributed by atoms with Crippen molar-refractivity contribution in [1.82, 2.24) is 19.8 Å². The molecule has 2 aliphatic rings. The summed E-state index contributed by atoms with van der Waals surface area (Å²) >= 11 is 12.5. The van der Waals surface area contributed by atoms with Gasteiger partial charge in [0.15, 0.2) is 0 Å². The van der Waals surface area contributed by atoms with Crippen molar-refractivity contribution in [3.63, 3.8) is 0 Å². The molecule has 168 valence electrons. The van der Waals surface area contributed by atoms with E-state index in [4.69, 9.17) is 23.2 Å². The Morgan fingerprint density at radius 1 is 1.12 bits per heavy atom. The fourth-order valence-corrected chi connectivity index (χ4v) is 4.83. The van der Waals surface area contributed by atoms with E-state index < -0.39 is 11.7 Å². The van der Waals surface area contributed by atoms with Crippen LogP contribution in [-0.4, -0.2) is 45.5 Å². The second-order valence-electron chi connectivity index (χ2n) is 8.55. The lowest BCUT2D eigenvalue weighted by Crippen LogP contribution is -2.45. The molecule has 1 aromatic heterocycles. The highest BCUT2D eigenvalue weighted by atomic mass is 35.5. The maximum Gasteiger partial charge on any atom is 0.254 e. The zero-order chi connectivity index (χ0) is 22.4. The first-order chi connectivity index (χ1) is 15.4. The Hall–Kier alpha value is -2.35. The van der Waals surface area contributed by atoms with Crippen molar-refractivity contribution in [1.29, 1.82) is 0 Å². The summed E-state index contributed by atoms with van der Waals surface area (Å²) in [6.45, 7) is 1.97. The summed E-state index contributed by atoms with van der Waals surface area (Å²) in [5, 5.41) is 7.01. The highest BCUT2D eigenvalue weighted by Gasteiger charge is 2.32. The third-order valence-electron chi connectivity index (χ3n) is 6.34. The van der Waals surface area contributed by atoms with E-state index in [9.17, 15) is 9.18 Å². The molecule has 2 fully saturated rings. The Balaban J connectivity index is 1.35. The van der Waals surface area contributed by atoms with Crippen molar-refractivity contribution in [2.45, 2.75) is 37.8 Å². The van der Waals surface area contributed by atoms with E-state index in [0.717, 1.165) is 32.0 Å². The van der Waals surface area contributed by atoms with E-state index in [1.54, 1.807) is 29.8 Å². The lowest BCUT2D eigenvalue weighted by molar-refractivity contribution is 0.0905. The van der Waals surface area contributed by atoms with Crippen LogP contribution in [-0.2, 0) is 7.05 Å². The number of aryl methyl sites for hydroxylation is 1. The number of hydrogen-bond acceptors (Lipinski definition) is 4. The number of aromatic nitrogens is 2. The molecule has 0 unspecified atom stereocenters. The van der Waals surface area contributed by atoms with Gasteiger partial charge in [-0.2, -0.15) is 0 Å². The van der Waals surface area contributed by atoms with E-state index in [1.807, 2.05) is 0 Å². The summed E-state index contributed by atoms with van der Waals surface area (Å²) in [4.78, 5) is 19.9. The molecule has 1 amide bonds. The van der Waals surface area contributed by atoms with Crippen molar-refractivity contribution >= 4 is 51.8 Å². The number of carbonyl (C=O) groups excluding carboxylic acids is 1. The SMILES string of the molecule is Cn1c(Nc2c(Cl)cccc2Cl)nc2cc(C(=O)NC3CCN(C4CC4)CC3)c(F)cc21. The zero-order valence-electron chi connectivity index (χ0n) is 17.7. The van der Waals surface area contributed by atoms with Gasteiger partial charge in [-0.05, 0) is 43.9 Å². The van der Waals surface area contributed by atoms with Crippen LogP contribution in [0.3, 0.4) is 0 Å². The first-order valence-corrected chi connectivity index (χ1v) is 11.6. The summed E-state index contributed by atoms with van der Waals surface area (Å²) in [7, 11) is 1.76. The number of nitrogens with one attached hydrogen (secondary N) is 2. The van der Waals surface area contributed by atoms with Gasteiger partial charge in [0.1, 0.15) is 5.82 Å². The first-order valence-electron chi connectivity index (χ1n) is 10.8. The number of halogens is 3. The maximum absolute atomic E-state index is 14.9. The molecule has 2 heterocycles. The molecule has 3 aromatic rings. The molecule has 32 heavy (non-hydrogen) atoms. The number of para-hydroxylation sites is 1. The molecule has 0 radical (unpaired) electrons. The first kappa shape index (κ1) is 21.5. The average Bonchev–Trinajstić information content (AvgIpc) is 3.57. The van der Waals surface area contributed by atoms with Crippen LogP contribution < -0.4 is 10.6 Å². The Morgan fingerprint density at radius 3 is 2.47 bits per heavy atom. The number of nitrogens with zero attached hydrogens (tertiary/aromatic N) is 3.